The van der Waals surface area contributed by atoms with E-state index >= 15 is 0 Å². The third kappa shape index (κ3) is 3.12. The van der Waals surface area contributed by atoms with Crippen molar-refractivity contribution < 1.29 is 4.39 Å². The predicted molar refractivity (Wildman–Crippen MR) is 84.3 cm³/mol. The minimum absolute atomic E-state index is 0.279. The van der Waals surface area contributed by atoms with E-state index in [1.54, 1.807) is 12.1 Å². The second-order valence-electron chi connectivity index (χ2n) is 4.40. The van der Waals surface area contributed by atoms with Crippen LogP contribution in [0.3, 0.4) is 0 Å². The smallest absolute Gasteiger partial charge is 0.144 e. The van der Waals surface area contributed by atoms with Gasteiger partial charge in [-0.2, -0.15) is 0 Å². The predicted octanol–water partition coefficient (Wildman–Crippen LogP) is 5.59. The van der Waals surface area contributed by atoms with Gasteiger partial charge in [-0.25, -0.2) is 9.37 Å². The lowest BCUT2D eigenvalue weighted by molar-refractivity contribution is 0.621. The molecule has 1 heterocycles. The lowest BCUT2D eigenvalue weighted by Gasteiger charge is -2.11. The van der Waals surface area contributed by atoms with Crippen molar-refractivity contribution in [2.24, 2.45) is 0 Å². The van der Waals surface area contributed by atoms with Crippen molar-refractivity contribution in [3.63, 3.8) is 0 Å². The number of H-pyrrole nitrogens is 1. The van der Waals surface area contributed by atoms with Gasteiger partial charge in [0.25, 0.3) is 0 Å². The molecular formula is C13H11Br2FN2S. The maximum atomic E-state index is 13.3. The van der Waals surface area contributed by atoms with Gasteiger partial charge in [-0.1, -0.05) is 26.1 Å². The average molecular weight is 406 g/mol. The van der Waals surface area contributed by atoms with E-state index in [-0.39, 0.29) is 11.7 Å². The molecule has 0 saturated carbocycles. The fraction of sp³-hybridized carbons (Fsp3) is 0.231. The van der Waals surface area contributed by atoms with Gasteiger partial charge >= 0.3 is 0 Å². The lowest BCUT2D eigenvalue weighted by Crippen LogP contribution is -2.00. The number of aromatic nitrogens is 2. The Bertz CT molecular complexity index is 683. The summed E-state index contributed by atoms with van der Waals surface area (Å²) in [6, 6.07) is 4.75. The van der Waals surface area contributed by atoms with Crippen LogP contribution < -0.4 is 0 Å². The molecule has 0 atom stereocenters. The van der Waals surface area contributed by atoms with E-state index in [0.29, 0.717) is 14.9 Å². The Morgan fingerprint density at radius 3 is 2.58 bits per heavy atom. The summed E-state index contributed by atoms with van der Waals surface area (Å²) in [5.41, 5.74) is 1.77. The van der Waals surface area contributed by atoms with E-state index in [2.05, 4.69) is 55.7 Å². The number of benzene rings is 1. The molecule has 0 saturated heterocycles. The van der Waals surface area contributed by atoms with Crippen LogP contribution in [0.15, 0.2) is 27.1 Å². The summed E-state index contributed by atoms with van der Waals surface area (Å²) in [5.74, 6) is 0.614. The lowest BCUT2D eigenvalue weighted by atomic mass is 10.1. The van der Waals surface area contributed by atoms with Crippen molar-refractivity contribution in [1.82, 2.24) is 9.97 Å². The summed E-state index contributed by atoms with van der Waals surface area (Å²) < 4.78 is 15.0. The molecule has 0 aliphatic heterocycles. The van der Waals surface area contributed by atoms with E-state index in [0.717, 1.165) is 15.7 Å². The van der Waals surface area contributed by atoms with Crippen LogP contribution >= 0.6 is 44.1 Å². The summed E-state index contributed by atoms with van der Waals surface area (Å²) in [4.78, 5) is 7.57. The molecule has 2 rings (SSSR count). The molecule has 0 aliphatic rings. The molecule has 1 N–H and O–H groups in total. The van der Waals surface area contributed by atoms with Gasteiger partial charge in [0, 0.05) is 11.3 Å². The molecule has 2 nitrogen and oxygen atoms in total. The highest BCUT2D eigenvalue weighted by Crippen LogP contribution is 2.28. The monoisotopic (exact) mass is 404 g/mol. The van der Waals surface area contributed by atoms with Crippen molar-refractivity contribution in [2.75, 3.05) is 0 Å². The Morgan fingerprint density at radius 1 is 1.32 bits per heavy atom. The molecule has 0 spiro atoms. The number of nitrogens with one attached hydrogen (secondary N) is 1. The second kappa shape index (κ2) is 5.81. The van der Waals surface area contributed by atoms with Gasteiger partial charge in [-0.15, -0.1) is 0 Å². The fourth-order valence-electron chi connectivity index (χ4n) is 1.65. The first-order valence-electron chi connectivity index (χ1n) is 5.65. The van der Waals surface area contributed by atoms with Crippen molar-refractivity contribution in [1.29, 1.82) is 0 Å². The molecule has 2 aromatic rings. The molecule has 0 radical (unpaired) electrons. The normalized spacial score (nSPS) is 11.1. The van der Waals surface area contributed by atoms with Gasteiger partial charge in [-0.05, 0) is 56.0 Å². The topological polar surface area (TPSA) is 28.7 Å². The molecule has 6 heteroatoms. The zero-order valence-electron chi connectivity index (χ0n) is 10.3. The Kier molecular flexibility index (Phi) is 4.53. The van der Waals surface area contributed by atoms with Crippen LogP contribution in [0.2, 0.25) is 0 Å². The van der Waals surface area contributed by atoms with Gasteiger partial charge in [-0.3, -0.25) is 0 Å². The molecule has 19 heavy (non-hydrogen) atoms. The number of halogens is 3. The highest BCUT2D eigenvalue weighted by Gasteiger charge is 2.11. The summed E-state index contributed by atoms with van der Waals surface area (Å²) in [5, 5.41) is 0. The summed E-state index contributed by atoms with van der Waals surface area (Å²) in [7, 11) is 0. The molecule has 0 aliphatic carbocycles. The minimum Gasteiger partial charge on any atom is -0.342 e. The molecular weight excluding hydrogens is 395 g/mol. The van der Waals surface area contributed by atoms with E-state index in [9.17, 15) is 4.39 Å². The fourth-order valence-corrected chi connectivity index (χ4v) is 2.88. The Balaban J connectivity index is 2.63. The van der Waals surface area contributed by atoms with E-state index in [4.69, 9.17) is 12.2 Å². The summed E-state index contributed by atoms with van der Waals surface area (Å²) >= 11 is 11.9. The third-order valence-electron chi connectivity index (χ3n) is 2.66. The Morgan fingerprint density at radius 2 is 2.00 bits per heavy atom. The summed E-state index contributed by atoms with van der Waals surface area (Å²) in [6.07, 6.45) is 0. The minimum atomic E-state index is -0.302. The van der Waals surface area contributed by atoms with Crippen LogP contribution in [-0.4, -0.2) is 9.97 Å². The number of rotatable bonds is 2. The highest BCUT2D eigenvalue weighted by atomic mass is 79.9. The molecule has 0 bridgehead atoms. The molecule has 100 valence electrons. The van der Waals surface area contributed by atoms with Crippen molar-refractivity contribution >= 4 is 44.1 Å². The van der Waals surface area contributed by atoms with Crippen molar-refractivity contribution in [2.45, 2.75) is 19.8 Å². The van der Waals surface area contributed by atoms with Crippen molar-refractivity contribution in [3.05, 3.63) is 43.3 Å². The van der Waals surface area contributed by atoms with E-state index < -0.39 is 0 Å². The SMILES string of the molecule is CC(C)c1[nH]c(-c2ccc(F)c(Br)c2)nc(=S)c1Br. The van der Waals surface area contributed by atoms with Crippen LogP contribution in [0, 0.1) is 10.5 Å². The van der Waals surface area contributed by atoms with E-state index in [1.807, 2.05) is 0 Å². The average Bonchev–Trinajstić information content (AvgIpc) is 2.35. The van der Waals surface area contributed by atoms with Crippen LogP contribution in [-0.2, 0) is 0 Å². The zero-order valence-corrected chi connectivity index (χ0v) is 14.3. The molecule has 1 aromatic carbocycles. The maximum Gasteiger partial charge on any atom is 0.144 e. The number of aromatic amines is 1. The largest absolute Gasteiger partial charge is 0.342 e. The Hall–Kier alpha value is -0.590. The van der Waals surface area contributed by atoms with Crippen LogP contribution in [0.1, 0.15) is 25.5 Å². The number of nitrogens with zero attached hydrogens (tertiary/aromatic N) is 1. The van der Waals surface area contributed by atoms with E-state index in [1.165, 1.54) is 6.07 Å². The molecule has 0 amide bonds. The standard InChI is InChI=1S/C13H11Br2FN2S/c1-6(2)11-10(15)13(19)18-12(17-11)7-3-4-9(16)8(14)5-7/h3-6H,1-2H3,(H,17,18,19). The third-order valence-corrected chi connectivity index (χ3v) is 4.63. The first-order valence-corrected chi connectivity index (χ1v) is 7.64. The maximum absolute atomic E-state index is 13.3. The molecule has 1 aromatic heterocycles. The summed E-state index contributed by atoms with van der Waals surface area (Å²) in [6.45, 7) is 4.13. The first-order chi connectivity index (χ1) is 8.90. The number of hydrogen-bond acceptors (Lipinski definition) is 2. The molecule has 0 fully saturated rings. The van der Waals surface area contributed by atoms with Crippen LogP contribution in [0.4, 0.5) is 4.39 Å². The van der Waals surface area contributed by atoms with Gasteiger partial charge in [0.15, 0.2) is 0 Å². The quantitative estimate of drug-likeness (QED) is 0.659. The van der Waals surface area contributed by atoms with Crippen LogP contribution in [0.5, 0.6) is 0 Å². The second-order valence-corrected chi connectivity index (χ2v) is 6.44. The van der Waals surface area contributed by atoms with Gasteiger partial charge < -0.3 is 4.98 Å². The van der Waals surface area contributed by atoms with Gasteiger partial charge in [0.05, 0.1) is 8.95 Å². The van der Waals surface area contributed by atoms with Crippen LogP contribution in [0.25, 0.3) is 11.4 Å². The highest BCUT2D eigenvalue weighted by molar-refractivity contribution is 9.10. The molecule has 0 unspecified atom stereocenters. The first kappa shape index (κ1) is 14.8. The zero-order chi connectivity index (χ0) is 14.2. The van der Waals surface area contributed by atoms with Crippen molar-refractivity contribution in [3.8, 4) is 11.4 Å². The Labute approximate surface area is 132 Å². The van der Waals surface area contributed by atoms with Gasteiger partial charge in [0.1, 0.15) is 16.3 Å². The number of hydrogen-bond donors (Lipinski definition) is 1. The van der Waals surface area contributed by atoms with Gasteiger partial charge in [0.2, 0.25) is 0 Å².